The summed E-state index contributed by atoms with van der Waals surface area (Å²) in [7, 11) is 0. The summed E-state index contributed by atoms with van der Waals surface area (Å²) < 4.78 is 8.44. The minimum absolute atomic E-state index is 0.105. The fraction of sp³-hybridized carbons (Fsp3) is 0.174. The van der Waals surface area contributed by atoms with Gasteiger partial charge in [0.2, 0.25) is 0 Å². The molecule has 158 valence electrons. The van der Waals surface area contributed by atoms with Crippen molar-refractivity contribution >= 4 is 46.0 Å². The van der Waals surface area contributed by atoms with Crippen molar-refractivity contribution in [1.82, 2.24) is 4.57 Å². The summed E-state index contributed by atoms with van der Waals surface area (Å²) in [5.74, 6) is -0.401. The highest BCUT2D eigenvalue weighted by atomic mass is 127. The first kappa shape index (κ1) is 21.5. The van der Waals surface area contributed by atoms with Crippen molar-refractivity contribution in [3.63, 3.8) is 0 Å². The maximum Gasteiger partial charge on any atom is 0.338 e. The Morgan fingerprint density at radius 2 is 1.90 bits per heavy atom. The molecule has 0 bridgehead atoms. The van der Waals surface area contributed by atoms with E-state index in [1.807, 2.05) is 30.3 Å². The van der Waals surface area contributed by atoms with Crippen molar-refractivity contribution in [1.29, 1.82) is 0 Å². The molecule has 6 nitrogen and oxygen atoms in total. The molecule has 1 aromatic heterocycles. The number of benzene rings is 2. The Labute approximate surface area is 196 Å². The van der Waals surface area contributed by atoms with E-state index in [1.165, 1.54) is 28.0 Å². The molecule has 0 saturated heterocycles. The predicted molar refractivity (Wildman–Crippen MR) is 128 cm³/mol. The van der Waals surface area contributed by atoms with E-state index >= 15 is 0 Å². The van der Waals surface area contributed by atoms with E-state index in [-0.39, 0.29) is 17.9 Å². The molecule has 31 heavy (non-hydrogen) atoms. The van der Waals surface area contributed by atoms with Gasteiger partial charge < -0.3 is 9.84 Å². The van der Waals surface area contributed by atoms with Crippen LogP contribution in [0.4, 0.5) is 0 Å². The number of fused-ring (bicyclic) bond motifs is 1. The highest BCUT2D eigenvalue weighted by molar-refractivity contribution is 14.1. The number of nitrogens with zero attached hydrogens (tertiary/aromatic N) is 2. The van der Waals surface area contributed by atoms with Crippen LogP contribution in [0.1, 0.15) is 31.0 Å². The lowest BCUT2D eigenvalue weighted by atomic mass is 9.96. The van der Waals surface area contributed by atoms with Gasteiger partial charge in [-0.15, -0.1) is 0 Å². The second kappa shape index (κ2) is 8.80. The Hall–Kier alpha value is -2.72. The smallest absolute Gasteiger partial charge is 0.338 e. The average Bonchev–Trinajstić information content (AvgIpc) is 3.04. The molecule has 0 saturated carbocycles. The fourth-order valence-corrected chi connectivity index (χ4v) is 4.88. The Morgan fingerprint density at radius 3 is 2.55 bits per heavy atom. The zero-order valence-corrected chi connectivity index (χ0v) is 19.8. The molecule has 8 heteroatoms. The number of hydrogen-bond donors (Lipinski definition) is 1. The monoisotopic (exact) mass is 546 g/mol. The number of hydrogen-bond acceptors (Lipinski definition) is 6. The molecule has 4 rings (SSSR count). The van der Waals surface area contributed by atoms with Crippen LogP contribution in [0.15, 0.2) is 69.6 Å². The Morgan fingerprint density at radius 1 is 1.23 bits per heavy atom. The standard InChI is InChI=1S/C23H19IN2O4S/c1-3-30-22(29)19-13(2)25-23-26(20(19)15-6-10-17(27)11-7-15)21(28)18(31-23)12-14-4-8-16(24)9-5-14/h4-12,20,27H,3H2,1-2H3/b18-12-/t20-/m1/s1. The maximum absolute atomic E-state index is 13.4. The van der Waals surface area contributed by atoms with E-state index in [2.05, 4.69) is 27.6 Å². The lowest BCUT2D eigenvalue weighted by Crippen LogP contribution is -2.39. The van der Waals surface area contributed by atoms with Crippen molar-refractivity contribution in [3.8, 4) is 5.75 Å². The Balaban J connectivity index is 1.94. The number of phenols is 1. The molecule has 1 atom stereocenters. The quantitative estimate of drug-likeness (QED) is 0.403. The first-order valence-corrected chi connectivity index (χ1v) is 11.5. The van der Waals surface area contributed by atoms with E-state index in [1.54, 1.807) is 26.0 Å². The molecule has 1 N–H and O–H groups in total. The van der Waals surface area contributed by atoms with Crippen LogP contribution in [0.5, 0.6) is 5.75 Å². The first-order valence-electron chi connectivity index (χ1n) is 9.63. The highest BCUT2D eigenvalue weighted by Crippen LogP contribution is 2.31. The Bertz CT molecular complexity index is 1350. The number of esters is 1. The summed E-state index contributed by atoms with van der Waals surface area (Å²) in [5, 5.41) is 9.71. The van der Waals surface area contributed by atoms with Crippen LogP contribution in [0.2, 0.25) is 0 Å². The number of carbonyl (C=O) groups excluding carboxylic acids is 1. The third kappa shape index (κ3) is 4.22. The van der Waals surface area contributed by atoms with E-state index in [4.69, 9.17) is 4.74 Å². The summed E-state index contributed by atoms with van der Waals surface area (Å²) >= 11 is 3.52. The second-order valence-electron chi connectivity index (χ2n) is 6.95. The average molecular weight is 546 g/mol. The van der Waals surface area contributed by atoms with Gasteiger partial charge in [-0.3, -0.25) is 9.36 Å². The number of rotatable bonds is 4. The number of ether oxygens (including phenoxy) is 1. The van der Waals surface area contributed by atoms with Gasteiger partial charge in [-0.1, -0.05) is 35.6 Å². The normalized spacial score (nSPS) is 16.1. The zero-order chi connectivity index (χ0) is 22.1. The number of halogens is 1. The van der Waals surface area contributed by atoms with Gasteiger partial charge in [0.15, 0.2) is 4.80 Å². The summed E-state index contributed by atoms with van der Waals surface area (Å²) in [6.07, 6.45) is 1.83. The number of aromatic nitrogens is 1. The summed E-state index contributed by atoms with van der Waals surface area (Å²) in [6, 6.07) is 13.7. The highest BCUT2D eigenvalue weighted by Gasteiger charge is 2.33. The van der Waals surface area contributed by atoms with Crippen molar-refractivity contribution in [3.05, 3.63) is 94.2 Å². The van der Waals surface area contributed by atoms with Crippen molar-refractivity contribution in [2.75, 3.05) is 6.61 Å². The number of allylic oxidation sites excluding steroid dienone is 1. The van der Waals surface area contributed by atoms with Gasteiger partial charge in [0.1, 0.15) is 5.75 Å². The van der Waals surface area contributed by atoms with E-state index in [0.717, 1.165) is 9.13 Å². The lowest BCUT2D eigenvalue weighted by Gasteiger charge is -2.24. The zero-order valence-electron chi connectivity index (χ0n) is 16.8. The largest absolute Gasteiger partial charge is 0.508 e. The van der Waals surface area contributed by atoms with Gasteiger partial charge in [0, 0.05) is 3.57 Å². The van der Waals surface area contributed by atoms with E-state index in [0.29, 0.717) is 26.2 Å². The van der Waals surface area contributed by atoms with Crippen LogP contribution in [-0.4, -0.2) is 22.2 Å². The van der Waals surface area contributed by atoms with Gasteiger partial charge in [-0.05, 0) is 77.9 Å². The fourth-order valence-electron chi connectivity index (χ4n) is 3.47. The number of thiazole rings is 1. The van der Waals surface area contributed by atoms with Crippen molar-refractivity contribution < 1.29 is 14.6 Å². The topological polar surface area (TPSA) is 80.9 Å². The van der Waals surface area contributed by atoms with Crippen LogP contribution in [0.3, 0.4) is 0 Å². The molecule has 0 spiro atoms. The molecular weight excluding hydrogens is 527 g/mol. The van der Waals surface area contributed by atoms with Crippen LogP contribution >= 0.6 is 33.9 Å². The summed E-state index contributed by atoms with van der Waals surface area (Å²) in [6.45, 7) is 3.70. The summed E-state index contributed by atoms with van der Waals surface area (Å²) in [4.78, 5) is 31.3. The molecule has 0 aliphatic carbocycles. The van der Waals surface area contributed by atoms with Crippen LogP contribution < -0.4 is 14.9 Å². The van der Waals surface area contributed by atoms with Gasteiger partial charge >= 0.3 is 5.97 Å². The molecule has 1 aliphatic heterocycles. The molecule has 0 fully saturated rings. The number of aromatic hydroxyl groups is 1. The molecular formula is C23H19IN2O4S. The van der Waals surface area contributed by atoms with Gasteiger partial charge in [-0.2, -0.15) is 0 Å². The minimum atomic E-state index is -0.685. The van der Waals surface area contributed by atoms with Gasteiger partial charge in [0.25, 0.3) is 5.56 Å². The number of carbonyl (C=O) groups is 1. The molecule has 1 aliphatic rings. The molecule has 3 aromatic rings. The molecule has 2 aromatic carbocycles. The Kier molecular flexibility index (Phi) is 6.10. The van der Waals surface area contributed by atoms with Crippen LogP contribution in [-0.2, 0) is 9.53 Å². The van der Waals surface area contributed by atoms with Crippen LogP contribution in [0, 0.1) is 3.57 Å². The maximum atomic E-state index is 13.4. The first-order chi connectivity index (χ1) is 14.9. The summed E-state index contributed by atoms with van der Waals surface area (Å²) in [5.41, 5.74) is 2.21. The molecule has 0 radical (unpaired) electrons. The lowest BCUT2D eigenvalue weighted by molar-refractivity contribution is -0.139. The van der Waals surface area contributed by atoms with Crippen molar-refractivity contribution in [2.45, 2.75) is 19.9 Å². The third-order valence-corrected chi connectivity index (χ3v) is 6.60. The predicted octanol–water partition coefficient (Wildman–Crippen LogP) is 3.11. The molecule has 2 heterocycles. The van der Waals surface area contributed by atoms with Crippen LogP contribution in [0.25, 0.3) is 6.08 Å². The van der Waals surface area contributed by atoms with E-state index < -0.39 is 12.0 Å². The SMILES string of the molecule is CCOC(=O)C1=C(C)N=c2s/c(=C\c3ccc(I)cc3)c(=O)n2[C@@H]1c1ccc(O)cc1. The van der Waals surface area contributed by atoms with Gasteiger partial charge in [-0.25, -0.2) is 9.79 Å². The minimum Gasteiger partial charge on any atom is -0.508 e. The third-order valence-electron chi connectivity index (χ3n) is 4.89. The molecule has 0 amide bonds. The number of phenolic OH excluding ortho intramolecular Hbond substituents is 1. The van der Waals surface area contributed by atoms with Crippen molar-refractivity contribution in [2.24, 2.45) is 4.99 Å². The second-order valence-corrected chi connectivity index (χ2v) is 9.20. The van der Waals surface area contributed by atoms with Gasteiger partial charge in [0.05, 0.1) is 28.5 Å². The van der Waals surface area contributed by atoms with E-state index in [9.17, 15) is 14.7 Å². The molecule has 0 unspecified atom stereocenters.